The lowest BCUT2D eigenvalue weighted by molar-refractivity contribution is 0.0433. The number of hydrogen-bond donors (Lipinski definition) is 1. The number of amides is 1. The molecule has 1 N–H and O–H groups in total. The molecule has 0 aromatic heterocycles. The first-order chi connectivity index (χ1) is 9.06. The Kier molecular flexibility index (Phi) is 5.29. The summed E-state index contributed by atoms with van der Waals surface area (Å²) in [5.41, 5.74) is 0.253. The van der Waals surface area contributed by atoms with Crippen molar-refractivity contribution in [2.75, 3.05) is 19.1 Å². The molecule has 0 aliphatic carbocycles. The number of rotatable bonds is 3. The molecule has 3 nitrogen and oxygen atoms in total. The van der Waals surface area contributed by atoms with Crippen LogP contribution < -0.4 is 5.32 Å². The Bertz CT molecular complexity index is 476. The predicted molar refractivity (Wildman–Crippen MR) is 82.8 cm³/mol. The van der Waals surface area contributed by atoms with Gasteiger partial charge >= 0.3 is 0 Å². The monoisotopic (exact) mass is 409 g/mol. The van der Waals surface area contributed by atoms with Crippen LogP contribution in [0.15, 0.2) is 27.1 Å². The fourth-order valence-electron chi connectivity index (χ4n) is 2.04. The average Bonchev–Trinajstić information content (AvgIpc) is 2.39. The molecule has 1 fully saturated rings. The highest BCUT2D eigenvalue weighted by Crippen LogP contribution is 2.26. The SMILES string of the molecule is O=C(NC1(CCl)CCOCC1)c1ccc(Br)cc1Br. The quantitative estimate of drug-likeness (QED) is 0.770. The Hall–Kier alpha value is -0.100. The van der Waals surface area contributed by atoms with E-state index in [1.54, 1.807) is 6.07 Å². The van der Waals surface area contributed by atoms with Gasteiger partial charge in [-0.3, -0.25) is 4.79 Å². The van der Waals surface area contributed by atoms with Crippen LogP contribution >= 0.6 is 43.5 Å². The molecule has 0 bridgehead atoms. The summed E-state index contributed by atoms with van der Waals surface area (Å²) in [7, 11) is 0. The van der Waals surface area contributed by atoms with Crippen molar-refractivity contribution >= 4 is 49.4 Å². The molecule has 0 atom stereocenters. The molecule has 6 heteroatoms. The normalized spacial score (nSPS) is 18.1. The molecule has 104 valence electrons. The van der Waals surface area contributed by atoms with E-state index >= 15 is 0 Å². The van der Waals surface area contributed by atoms with Gasteiger partial charge in [0.05, 0.1) is 11.1 Å². The maximum absolute atomic E-state index is 12.4. The highest BCUT2D eigenvalue weighted by Gasteiger charge is 2.33. The third-order valence-electron chi connectivity index (χ3n) is 3.26. The number of hydrogen-bond acceptors (Lipinski definition) is 2. The Morgan fingerprint density at radius 1 is 1.37 bits per heavy atom. The van der Waals surface area contributed by atoms with E-state index in [0.717, 1.165) is 21.8 Å². The number of benzene rings is 1. The molecule has 0 spiro atoms. The second kappa shape index (κ2) is 6.57. The number of halogens is 3. The minimum atomic E-state index is -0.358. The van der Waals surface area contributed by atoms with Crippen LogP contribution in [0, 0.1) is 0 Å². The highest BCUT2D eigenvalue weighted by molar-refractivity contribution is 9.11. The van der Waals surface area contributed by atoms with E-state index in [9.17, 15) is 4.79 Å². The van der Waals surface area contributed by atoms with Crippen molar-refractivity contribution in [1.82, 2.24) is 5.32 Å². The van der Waals surface area contributed by atoms with Crippen molar-refractivity contribution in [3.8, 4) is 0 Å². The van der Waals surface area contributed by atoms with Gasteiger partial charge < -0.3 is 10.1 Å². The van der Waals surface area contributed by atoms with E-state index < -0.39 is 0 Å². The van der Waals surface area contributed by atoms with Crippen molar-refractivity contribution in [1.29, 1.82) is 0 Å². The van der Waals surface area contributed by atoms with Crippen molar-refractivity contribution in [3.05, 3.63) is 32.7 Å². The zero-order valence-electron chi connectivity index (χ0n) is 10.2. The maximum atomic E-state index is 12.4. The van der Waals surface area contributed by atoms with E-state index in [4.69, 9.17) is 16.3 Å². The summed E-state index contributed by atoms with van der Waals surface area (Å²) < 4.78 is 7.01. The molecule has 1 aliphatic rings. The highest BCUT2D eigenvalue weighted by atomic mass is 79.9. The van der Waals surface area contributed by atoms with Crippen LogP contribution in [0.4, 0.5) is 0 Å². The standard InChI is InChI=1S/C13H14Br2ClNO2/c14-9-1-2-10(11(15)7-9)12(18)17-13(8-16)3-5-19-6-4-13/h1-2,7H,3-6,8H2,(H,17,18). The number of carbonyl (C=O) groups is 1. The number of carbonyl (C=O) groups excluding carboxylic acids is 1. The van der Waals surface area contributed by atoms with E-state index in [1.165, 1.54) is 0 Å². The topological polar surface area (TPSA) is 38.3 Å². The summed E-state index contributed by atoms with van der Waals surface area (Å²) >= 11 is 12.8. The number of nitrogens with one attached hydrogen (secondary N) is 1. The third kappa shape index (κ3) is 3.72. The predicted octanol–water partition coefficient (Wildman–Crippen LogP) is 3.73. The Balaban J connectivity index is 2.15. The van der Waals surface area contributed by atoms with Gasteiger partial charge in [0.1, 0.15) is 0 Å². The molecule has 1 aliphatic heterocycles. The number of alkyl halides is 1. The summed E-state index contributed by atoms with van der Waals surface area (Å²) in [5.74, 6) is 0.290. The first kappa shape index (κ1) is 15.3. The van der Waals surface area contributed by atoms with E-state index in [-0.39, 0.29) is 11.4 Å². The third-order valence-corrected chi connectivity index (χ3v) is 4.92. The van der Waals surface area contributed by atoms with Crippen LogP contribution in [-0.4, -0.2) is 30.5 Å². The molecular weight excluding hydrogens is 397 g/mol. The first-order valence-corrected chi connectivity index (χ1v) is 8.10. The lowest BCUT2D eigenvalue weighted by Gasteiger charge is -2.36. The van der Waals surface area contributed by atoms with Gasteiger partial charge in [0, 0.05) is 28.0 Å². The van der Waals surface area contributed by atoms with Crippen LogP contribution in [0.25, 0.3) is 0 Å². The van der Waals surface area contributed by atoms with Crippen molar-refractivity contribution in [3.63, 3.8) is 0 Å². The Labute approximate surface area is 134 Å². The smallest absolute Gasteiger partial charge is 0.252 e. The first-order valence-electron chi connectivity index (χ1n) is 5.98. The minimum absolute atomic E-state index is 0.109. The molecule has 0 saturated carbocycles. The molecule has 1 aromatic rings. The maximum Gasteiger partial charge on any atom is 0.252 e. The van der Waals surface area contributed by atoms with Crippen molar-refractivity contribution < 1.29 is 9.53 Å². The largest absolute Gasteiger partial charge is 0.381 e. The second-order valence-corrected chi connectivity index (χ2v) is 6.64. The van der Waals surface area contributed by atoms with Gasteiger partial charge in [0.25, 0.3) is 5.91 Å². The lowest BCUT2D eigenvalue weighted by atomic mass is 9.92. The fourth-order valence-corrected chi connectivity index (χ4v) is 3.60. The zero-order valence-corrected chi connectivity index (χ0v) is 14.1. The summed E-state index contributed by atoms with van der Waals surface area (Å²) in [6.45, 7) is 1.27. The van der Waals surface area contributed by atoms with Gasteiger partial charge in [-0.2, -0.15) is 0 Å². The molecule has 0 unspecified atom stereocenters. The molecule has 1 saturated heterocycles. The van der Waals surface area contributed by atoms with Gasteiger partial charge in [-0.15, -0.1) is 11.6 Å². The van der Waals surface area contributed by atoms with Gasteiger partial charge in [0.2, 0.25) is 0 Å². The average molecular weight is 412 g/mol. The second-order valence-electron chi connectivity index (χ2n) is 4.60. The van der Waals surface area contributed by atoms with Gasteiger partial charge in [-0.25, -0.2) is 0 Å². The summed E-state index contributed by atoms with van der Waals surface area (Å²) in [6, 6.07) is 5.48. The number of ether oxygens (including phenoxy) is 1. The van der Waals surface area contributed by atoms with E-state index in [0.29, 0.717) is 24.7 Å². The van der Waals surface area contributed by atoms with Gasteiger partial charge in [-0.1, -0.05) is 15.9 Å². The fraction of sp³-hybridized carbons (Fsp3) is 0.462. The summed E-state index contributed by atoms with van der Waals surface area (Å²) in [5, 5.41) is 3.06. The van der Waals surface area contributed by atoms with Crippen LogP contribution in [0.3, 0.4) is 0 Å². The van der Waals surface area contributed by atoms with Gasteiger partial charge in [0.15, 0.2) is 0 Å². The van der Waals surface area contributed by atoms with E-state index in [2.05, 4.69) is 37.2 Å². The molecule has 1 amide bonds. The zero-order chi connectivity index (χ0) is 13.9. The Morgan fingerprint density at radius 3 is 2.63 bits per heavy atom. The minimum Gasteiger partial charge on any atom is -0.381 e. The lowest BCUT2D eigenvalue weighted by Crippen LogP contribution is -2.53. The molecule has 1 aromatic carbocycles. The van der Waals surface area contributed by atoms with Crippen LogP contribution in [0.2, 0.25) is 0 Å². The van der Waals surface area contributed by atoms with Crippen molar-refractivity contribution in [2.45, 2.75) is 18.4 Å². The van der Waals surface area contributed by atoms with Gasteiger partial charge in [-0.05, 0) is 47.0 Å². The van der Waals surface area contributed by atoms with E-state index in [1.807, 2.05) is 12.1 Å². The summed E-state index contributed by atoms with van der Waals surface area (Å²) in [4.78, 5) is 12.4. The van der Waals surface area contributed by atoms with Crippen LogP contribution in [-0.2, 0) is 4.74 Å². The summed E-state index contributed by atoms with van der Waals surface area (Å²) in [6.07, 6.45) is 1.49. The molecule has 0 radical (unpaired) electrons. The molecular formula is C13H14Br2ClNO2. The molecule has 1 heterocycles. The Morgan fingerprint density at radius 2 is 2.05 bits per heavy atom. The molecule has 19 heavy (non-hydrogen) atoms. The molecule has 2 rings (SSSR count). The van der Waals surface area contributed by atoms with Crippen LogP contribution in [0.1, 0.15) is 23.2 Å². The van der Waals surface area contributed by atoms with Crippen molar-refractivity contribution in [2.24, 2.45) is 0 Å². The van der Waals surface area contributed by atoms with Crippen LogP contribution in [0.5, 0.6) is 0 Å².